The first-order valence-corrected chi connectivity index (χ1v) is 6.77. The van der Waals surface area contributed by atoms with Crippen LogP contribution in [-0.4, -0.2) is 40.6 Å². The van der Waals surface area contributed by atoms with Crippen LogP contribution < -0.4 is 5.32 Å². The van der Waals surface area contributed by atoms with Gasteiger partial charge in [0.1, 0.15) is 0 Å². The van der Waals surface area contributed by atoms with E-state index in [1.165, 1.54) is 44.5 Å². The number of hydrogen-bond donors (Lipinski definition) is 1. The second kappa shape index (κ2) is 4.78. The smallest absolute Gasteiger partial charge is 0.0951 e. The second-order valence-electron chi connectivity index (χ2n) is 5.39. The van der Waals surface area contributed by atoms with Crippen LogP contribution in [-0.2, 0) is 6.54 Å². The number of rotatable bonds is 4. The van der Waals surface area contributed by atoms with Gasteiger partial charge in [0.15, 0.2) is 0 Å². The maximum absolute atomic E-state index is 4.31. The quantitative estimate of drug-likeness (QED) is 0.855. The molecule has 1 aliphatic carbocycles. The van der Waals surface area contributed by atoms with Crippen LogP contribution in [0.1, 0.15) is 37.4 Å². The van der Waals surface area contributed by atoms with E-state index in [0.29, 0.717) is 6.04 Å². The molecule has 1 saturated carbocycles. The third-order valence-electron chi connectivity index (χ3n) is 3.99. The Hall–Kier alpha value is -0.870. The van der Waals surface area contributed by atoms with Crippen molar-refractivity contribution in [2.24, 2.45) is 0 Å². The molecule has 1 unspecified atom stereocenters. The van der Waals surface area contributed by atoms with Gasteiger partial charge >= 0.3 is 0 Å². The van der Waals surface area contributed by atoms with Gasteiger partial charge in [0.05, 0.1) is 12.0 Å². The van der Waals surface area contributed by atoms with E-state index in [1.54, 1.807) is 0 Å². The van der Waals surface area contributed by atoms with Crippen molar-refractivity contribution >= 4 is 0 Å². The molecule has 3 rings (SSSR count). The maximum Gasteiger partial charge on any atom is 0.0951 e. The molecule has 0 bridgehead atoms. The average Bonchev–Trinajstić information content (AvgIpc) is 3.11. The van der Waals surface area contributed by atoms with Crippen LogP contribution in [0.5, 0.6) is 0 Å². The second-order valence-corrected chi connectivity index (χ2v) is 5.39. The molecular formula is C13H22N4. The van der Waals surface area contributed by atoms with Crippen LogP contribution >= 0.6 is 0 Å². The lowest BCUT2D eigenvalue weighted by Crippen LogP contribution is -2.44. The zero-order valence-electron chi connectivity index (χ0n) is 10.6. The largest absolute Gasteiger partial charge is 0.330 e. The van der Waals surface area contributed by atoms with E-state index in [4.69, 9.17) is 0 Å². The van der Waals surface area contributed by atoms with Gasteiger partial charge in [-0.1, -0.05) is 0 Å². The molecule has 4 heteroatoms. The van der Waals surface area contributed by atoms with Crippen molar-refractivity contribution in [3.63, 3.8) is 0 Å². The van der Waals surface area contributed by atoms with Crippen molar-refractivity contribution in [2.45, 2.75) is 44.3 Å². The zero-order valence-corrected chi connectivity index (χ0v) is 10.6. The number of nitrogens with zero attached hydrogens (tertiary/aromatic N) is 3. The molecule has 1 aromatic heterocycles. The Morgan fingerprint density at radius 3 is 3.06 bits per heavy atom. The first kappa shape index (κ1) is 11.2. The summed E-state index contributed by atoms with van der Waals surface area (Å²) in [4.78, 5) is 6.86. The number of nitrogens with one attached hydrogen (secondary N) is 1. The molecule has 1 aromatic rings. The minimum atomic E-state index is 0.668. The lowest BCUT2D eigenvalue weighted by molar-refractivity contribution is 0.184. The van der Waals surface area contributed by atoms with E-state index in [0.717, 1.165) is 12.6 Å². The van der Waals surface area contributed by atoms with E-state index in [2.05, 4.69) is 26.8 Å². The summed E-state index contributed by atoms with van der Waals surface area (Å²) >= 11 is 0. The molecule has 1 N–H and O–H groups in total. The molecule has 0 aromatic carbocycles. The topological polar surface area (TPSA) is 33.1 Å². The number of imidazole rings is 1. The van der Waals surface area contributed by atoms with Gasteiger partial charge in [0, 0.05) is 31.4 Å². The Balaban J connectivity index is 1.63. The molecule has 94 valence electrons. The minimum absolute atomic E-state index is 0.668. The minimum Gasteiger partial charge on any atom is -0.330 e. The summed E-state index contributed by atoms with van der Waals surface area (Å²) in [6.07, 6.45) is 9.34. The monoisotopic (exact) mass is 234 g/mol. The Kier molecular flexibility index (Phi) is 3.16. The van der Waals surface area contributed by atoms with Gasteiger partial charge in [-0.3, -0.25) is 4.90 Å². The van der Waals surface area contributed by atoms with Crippen molar-refractivity contribution in [3.8, 4) is 0 Å². The van der Waals surface area contributed by atoms with Gasteiger partial charge in [0.2, 0.25) is 0 Å². The molecule has 1 aliphatic heterocycles. The van der Waals surface area contributed by atoms with Crippen LogP contribution in [0.2, 0.25) is 0 Å². The molecule has 1 saturated heterocycles. The molecule has 0 radical (unpaired) electrons. The van der Waals surface area contributed by atoms with Crippen LogP contribution in [0.4, 0.5) is 0 Å². The standard InChI is InChI=1S/C13H22N4/c1-14-11-3-2-6-16(8-11)9-13-7-15-10-17(13)12-4-5-12/h7,10-12,14H,2-6,8-9H2,1H3. The number of likely N-dealkylation sites (N-methyl/N-ethyl adjacent to an activating group) is 1. The predicted molar refractivity (Wildman–Crippen MR) is 67.9 cm³/mol. The zero-order chi connectivity index (χ0) is 11.7. The summed E-state index contributed by atoms with van der Waals surface area (Å²) in [6, 6.07) is 1.42. The molecule has 17 heavy (non-hydrogen) atoms. The molecule has 2 aliphatic rings. The van der Waals surface area contributed by atoms with Gasteiger partial charge in [0.25, 0.3) is 0 Å². The lowest BCUT2D eigenvalue weighted by atomic mass is 10.1. The molecule has 2 heterocycles. The summed E-state index contributed by atoms with van der Waals surface area (Å²) in [6.45, 7) is 3.47. The highest BCUT2D eigenvalue weighted by Crippen LogP contribution is 2.35. The van der Waals surface area contributed by atoms with Crippen LogP contribution in [0.15, 0.2) is 12.5 Å². The lowest BCUT2D eigenvalue weighted by Gasteiger charge is -2.32. The molecule has 1 atom stereocenters. The van der Waals surface area contributed by atoms with Crippen LogP contribution in [0.3, 0.4) is 0 Å². The van der Waals surface area contributed by atoms with Gasteiger partial charge in [-0.2, -0.15) is 0 Å². The fourth-order valence-electron chi connectivity index (χ4n) is 2.80. The van der Waals surface area contributed by atoms with E-state index in [1.807, 2.05) is 12.5 Å². The first-order valence-electron chi connectivity index (χ1n) is 6.77. The summed E-state index contributed by atoms with van der Waals surface area (Å²) in [5.74, 6) is 0. The SMILES string of the molecule is CNC1CCCN(Cc2cncn2C2CC2)C1. The van der Waals surface area contributed by atoms with Gasteiger partial charge in [-0.05, 0) is 39.3 Å². The molecular weight excluding hydrogens is 212 g/mol. The Morgan fingerprint density at radius 2 is 2.29 bits per heavy atom. The summed E-state index contributed by atoms with van der Waals surface area (Å²) < 4.78 is 2.38. The van der Waals surface area contributed by atoms with Crippen molar-refractivity contribution in [1.29, 1.82) is 0 Å². The van der Waals surface area contributed by atoms with Crippen molar-refractivity contribution in [2.75, 3.05) is 20.1 Å². The Morgan fingerprint density at radius 1 is 1.41 bits per heavy atom. The number of aromatic nitrogens is 2. The number of piperidine rings is 1. The van der Waals surface area contributed by atoms with E-state index < -0.39 is 0 Å². The number of likely N-dealkylation sites (tertiary alicyclic amines) is 1. The Bertz CT molecular complexity index is 369. The third kappa shape index (κ3) is 2.53. The fourth-order valence-corrected chi connectivity index (χ4v) is 2.80. The fraction of sp³-hybridized carbons (Fsp3) is 0.769. The van der Waals surface area contributed by atoms with Crippen molar-refractivity contribution < 1.29 is 0 Å². The van der Waals surface area contributed by atoms with E-state index in [9.17, 15) is 0 Å². The van der Waals surface area contributed by atoms with Crippen LogP contribution in [0.25, 0.3) is 0 Å². The average molecular weight is 234 g/mol. The Labute approximate surface area is 103 Å². The molecule has 0 amide bonds. The van der Waals surface area contributed by atoms with Gasteiger partial charge in [-0.25, -0.2) is 4.98 Å². The summed E-state index contributed by atoms with van der Waals surface area (Å²) in [7, 11) is 2.07. The summed E-state index contributed by atoms with van der Waals surface area (Å²) in [5, 5.41) is 3.40. The van der Waals surface area contributed by atoms with Gasteiger partial charge in [-0.15, -0.1) is 0 Å². The molecule has 4 nitrogen and oxygen atoms in total. The van der Waals surface area contributed by atoms with Crippen molar-refractivity contribution in [1.82, 2.24) is 19.8 Å². The summed E-state index contributed by atoms with van der Waals surface area (Å²) in [5.41, 5.74) is 1.39. The predicted octanol–water partition coefficient (Wildman–Crippen LogP) is 1.40. The highest BCUT2D eigenvalue weighted by Gasteiger charge is 2.26. The van der Waals surface area contributed by atoms with E-state index in [-0.39, 0.29) is 0 Å². The van der Waals surface area contributed by atoms with Crippen molar-refractivity contribution in [3.05, 3.63) is 18.2 Å². The highest BCUT2D eigenvalue weighted by molar-refractivity contribution is 5.04. The first-order chi connectivity index (χ1) is 8.36. The normalized spacial score (nSPS) is 26.3. The van der Waals surface area contributed by atoms with Crippen LogP contribution in [0, 0.1) is 0 Å². The van der Waals surface area contributed by atoms with Gasteiger partial charge < -0.3 is 9.88 Å². The molecule has 0 spiro atoms. The number of hydrogen-bond acceptors (Lipinski definition) is 3. The highest BCUT2D eigenvalue weighted by atomic mass is 15.2. The molecule has 2 fully saturated rings. The van der Waals surface area contributed by atoms with E-state index >= 15 is 0 Å². The third-order valence-corrected chi connectivity index (χ3v) is 3.99. The maximum atomic E-state index is 4.31.